The highest BCUT2D eigenvalue weighted by molar-refractivity contribution is 6.05. The minimum atomic E-state index is -0.460. The van der Waals surface area contributed by atoms with Gasteiger partial charge in [-0.2, -0.15) is 0 Å². The van der Waals surface area contributed by atoms with E-state index in [1.54, 1.807) is 18.2 Å². The molecular weight excluding hydrogens is 258 g/mol. The van der Waals surface area contributed by atoms with Crippen LogP contribution in [0.4, 0.5) is 5.69 Å². The molecule has 0 aliphatic heterocycles. The van der Waals surface area contributed by atoms with Crippen molar-refractivity contribution in [1.82, 2.24) is 0 Å². The first-order valence-corrected chi connectivity index (χ1v) is 5.89. The summed E-state index contributed by atoms with van der Waals surface area (Å²) in [5, 5.41) is 12.2. The van der Waals surface area contributed by atoms with Gasteiger partial charge in [-0.15, -0.1) is 0 Å². The number of methoxy groups -OCH3 is 1. The number of hydrogen-bond donors (Lipinski definition) is 2. The van der Waals surface area contributed by atoms with Gasteiger partial charge in [0.25, 0.3) is 5.91 Å². The summed E-state index contributed by atoms with van der Waals surface area (Å²) < 4.78 is 4.58. The van der Waals surface area contributed by atoms with Crippen LogP contribution in [0.2, 0.25) is 0 Å². The summed E-state index contributed by atoms with van der Waals surface area (Å²) in [5.41, 5.74) is 1.07. The molecule has 0 aliphatic carbocycles. The number of hydrogen-bond acceptors (Lipinski definition) is 4. The number of benzene rings is 2. The average Bonchev–Trinajstić information content (AvgIpc) is 2.49. The number of aromatic hydroxyl groups is 1. The standard InChI is InChI=1S/C15H13NO4/c1-20-15(19)11-8-6-10(7-9-11)14(18)16-12-4-2-3-5-13(12)17/h2-9,17H,1H3,(H,16,18). The van der Waals surface area contributed by atoms with Crippen LogP contribution >= 0.6 is 0 Å². The molecule has 5 heteroatoms. The third-order valence-electron chi connectivity index (χ3n) is 2.72. The highest BCUT2D eigenvalue weighted by Gasteiger charge is 2.10. The second kappa shape index (κ2) is 5.88. The number of phenolic OH excluding ortho intramolecular Hbond substituents is 1. The molecule has 20 heavy (non-hydrogen) atoms. The van der Waals surface area contributed by atoms with Gasteiger partial charge >= 0.3 is 5.97 Å². The van der Waals surface area contributed by atoms with Crippen molar-refractivity contribution in [3.05, 3.63) is 59.7 Å². The van der Waals surface area contributed by atoms with E-state index < -0.39 is 5.97 Å². The van der Waals surface area contributed by atoms with Crippen LogP contribution in [-0.4, -0.2) is 24.1 Å². The van der Waals surface area contributed by atoms with Crippen molar-refractivity contribution < 1.29 is 19.4 Å². The minimum Gasteiger partial charge on any atom is -0.506 e. The van der Waals surface area contributed by atoms with Crippen molar-refractivity contribution in [2.24, 2.45) is 0 Å². The van der Waals surface area contributed by atoms with Gasteiger partial charge in [0.15, 0.2) is 0 Å². The van der Waals surface area contributed by atoms with E-state index in [0.717, 1.165) is 0 Å². The summed E-state index contributed by atoms with van der Waals surface area (Å²) in [6.45, 7) is 0. The van der Waals surface area contributed by atoms with Crippen molar-refractivity contribution in [3.63, 3.8) is 0 Å². The van der Waals surface area contributed by atoms with Gasteiger partial charge in [-0.25, -0.2) is 4.79 Å². The Hall–Kier alpha value is -2.82. The Morgan fingerprint density at radius 1 is 1.00 bits per heavy atom. The predicted molar refractivity (Wildman–Crippen MR) is 73.8 cm³/mol. The van der Waals surface area contributed by atoms with Gasteiger partial charge in [0.05, 0.1) is 18.4 Å². The van der Waals surface area contributed by atoms with Crippen LogP contribution in [0.15, 0.2) is 48.5 Å². The number of esters is 1. The molecule has 0 radical (unpaired) electrons. The van der Waals surface area contributed by atoms with Crippen LogP contribution in [0.5, 0.6) is 5.75 Å². The zero-order valence-corrected chi connectivity index (χ0v) is 10.8. The zero-order valence-electron chi connectivity index (χ0n) is 10.8. The molecule has 0 aromatic heterocycles. The zero-order chi connectivity index (χ0) is 14.5. The normalized spacial score (nSPS) is 9.85. The minimum absolute atomic E-state index is 0.00738. The van der Waals surface area contributed by atoms with Gasteiger partial charge < -0.3 is 15.2 Å². The van der Waals surface area contributed by atoms with E-state index >= 15 is 0 Å². The van der Waals surface area contributed by atoms with Crippen LogP contribution in [-0.2, 0) is 4.74 Å². The van der Waals surface area contributed by atoms with Gasteiger partial charge in [-0.05, 0) is 36.4 Å². The number of phenols is 1. The number of amides is 1. The monoisotopic (exact) mass is 271 g/mol. The number of carbonyl (C=O) groups is 2. The third-order valence-corrected chi connectivity index (χ3v) is 2.72. The predicted octanol–water partition coefficient (Wildman–Crippen LogP) is 2.43. The fourth-order valence-corrected chi connectivity index (χ4v) is 1.65. The third kappa shape index (κ3) is 2.95. The van der Waals surface area contributed by atoms with Crippen molar-refractivity contribution in [2.45, 2.75) is 0 Å². The summed E-state index contributed by atoms with van der Waals surface area (Å²) in [5.74, 6) is -0.840. The van der Waals surface area contributed by atoms with E-state index in [9.17, 15) is 14.7 Å². The molecule has 2 rings (SSSR count). The number of para-hydroxylation sites is 2. The lowest BCUT2D eigenvalue weighted by molar-refractivity contribution is 0.0600. The molecule has 1 amide bonds. The molecule has 0 atom stereocenters. The number of nitrogens with one attached hydrogen (secondary N) is 1. The van der Waals surface area contributed by atoms with E-state index in [1.165, 1.54) is 37.4 Å². The number of ether oxygens (including phenoxy) is 1. The van der Waals surface area contributed by atoms with Crippen LogP contribution in [0, 0.1) is 0 Å². The smallest absolute Gasteiger partial charge is 0.337 e. The summed E-state index contributed by atoms with van der Waals surface area (Å²) >= 11 is 0. The van der Waals surface area contributed by atoms with Crippen LogP contribution in [0.1, 0.15) is 20.7 Å². The van der Waals surface area contributed by atoms with Gasteiger partial charge in [0.2, 0.25) is 0 Å². The summed E-state index contributed by atoms with van der Waals surface area (Å²) in [6.07, 6.45) is 0. The Bertz CT molecular complexity index is 635. The van der Waals surface area contributed by atoms with Crippen LogP contribution < -0.4 is 5.32 Å². The molecule has 0 saturated heterocycles. The highest BCUT2D eigenvalue weighted by Crippen LogP contribution is 2.22. The van der Waals surface area contributed by atoms with Crippen molar-refractivity contribution in [2.75, 3.05) is 12.4 Å². The van der Waals surface area contributed by atoms with Gasteiger partial charge in [0.1, 0.15) is 5.75 Å². The molecule has 102 valence electrons. The van der Waals surface area contributed by atoms with Crippen molar-refractivity contribution in [3.8, 4) is 5.75 Å². The maximum absolute atomic E-state index is 12.0. The first-order valence-electron chi connectivity index (χ1n) is 5.89. The SMILES string of the molecule is COC(=O)c1ccc(C(=O)Nc2ccccc2O)cc1. The Balaban J connectivity index is 2.14. The van der Waals surface area contributed by atoms with Gasteiger partial charge in [0, 0.05) is 5.56 Å². The number of carbonyl (C=O) groups excluding carboxylic acids is 2. The second-order valence-corrected chi connectivity index (χ2v) is 4.04. The lowest BCUT2D eigenvalue weighted by Crippen LogP contribution is -2.12. The first-order chi connectivity index (χ1) is 9.61. The summed E-state index contributed by atoms with van der Waals surface area (Å²) in [7, 11) is 1.29. The van der Waals surface area contributed by atoms with E-state index in [2.05, 4.69) is 10.1 Å². The molecule has 0 bridgehead atoms. The molecule has 2 N–H and O–H groups in total. The van der Waals surface area contributed by atoms with Crippen molar-refractivity contribution in [1.29, 1.82) is 0 Å². The average molecular weight is 271 g/mol. The lowest BCUT2D eigenvalue weighted by atomic mass is 10.1. The van der Waals surface area contributed by atoms with E-state index in [0.29, 0.717) is 16.8 Å². The fourth-order valence-electron chi connectivity index (χ4n) is 1.65. The Morgan fingerprint density at radius 3 is 2.20 bits per heavy atom. The Kier molecular flexibility index (Phi) is 4.00. The molecule has 5 nitrogen and oxygen atoms in total. The second-order valence-electron chi connectivity index (χ2n) is 4.04. The van der Waals surface area contributed by atoms with E-state index in [4.69, 9.17) is 0 Å². The van der Waals surface area contributed by atoms with Crippen LogP contribution in [0.25, 0.3) is 0 Å². The summed E-state index contributed by atoms with van der Waals surface area (Å²) in [6, 6.07) is 12.5. The molecule has 2 aromatic carbocycles. The fraction of sp³-hybridized carbons (Fsp3) is 0.0667. The van der Waals surface area contributed by atoms with Gasteiger partial charge in [-0.3, -0.25) is 4.79 Å². The molecule has 2 aromatic rings. The van der Waals surface area contributed by atoms with Crippen LogP contribution in [0.3, 0.4) is 0 Å². The Morgan fingerprint density at radius 2 is 1.60 bits per heavy atom. The maximum atomic E-state index is 12.0. The summed E-state index contributed by atoms with van der Waals surface area (Å²) in [4.78, 5) is 23.3. The molecule has 0 saturated carbocycles. The molecule has 0 heterocycles. The maximum Gasteiger partial charge on any atom is 0.337 e. The molecule has 0 aliphatic rings. The topological polar surface area (TPSA) is 75.6 Å². The quantitative estimate of drug-likeness (QED) is 0.664. The largest absolute Gasteiger partial charge is 0.506 e. The first kappa shape index (κ1) is 13.6. The molecule has 0 spiro atoms. The van der Waals surface area contributed by atoms with E-state index in [-0.39, 0.29) is 11.7 Å². The van der Waals surface area contributed by atoms with E-state index in [1.807, 2.05) is 0 Å². The number of rotatable bonds is 3. The Labute approximate surface area is 115 Å². The van der Waals surface area contributed by atoms with Gasteiger partial charge in [-0.1, -0.05) is 12.1 Å². The molecule has 0 fully saturated rings. The molecular formula is C15H13NO4. The lowest BCUT2D eigenvalue weighted by Gasteiger charge is -2.07. The highest BCUT2D eigenvalue weighted by atomic mass is 16.5. The number of anilines is 1. The molecule has 0 unspecified atom stereocenters. The van der Waals surface area contributed by atoms with Crippen molar-refractivity contribution >= 4 is 17.6 Å².